The lowest BCUT2D eigenvalue weighted by molar-refractivity contribution is 0.0949. The molecular weight excluding hydrogens is 346 g/mol. The summed E-state index contributed by atoms with van der Waals surface area (Å²) in [4.78, 5) is 21.1. The Morgan fingerprint density at radius 1 is 1.23 bits per heavy atom. The number of pyridine rings is 1. The summed E-state index contributed by atoms with van der Waals surface area (Å²) in [6.45, 7) is 5.03. The molecule has 0 spiro atoms. The first-order chi connectivity index (χ1) is 12.6. The lowest BCUT2D eigenvalue weighted by Gasteiger charge is -2.07. The SMILES string of the molecule is CC(C)c1nc(CNC(=O)c2ccnc(OCc3ccccc3)c2)cs1. The number of carbonyl (C=O) groups excluding carboxylic acids is 1. The number of nitrogens with one attached hydrogen (secondary N) is 1. The third-order valence-corrected chi connectivity index (χ3v) is 4.91. The molecule has 0 saturated heterocycles. The van der Waals surface area contributed by atoms with E-state index in [1.807, 2.05) is 35.7 Å². The van der Waals surface area contributed by atoms with Crippen LogP contribution in [0.25, 0.3) is 0 Å². The number of carbonyl (C=O) groups is 1. The molecule has 5 nitrogen and oxygen atoms in total. The third kappa shape index (κ3) is 4.89. The highest BCUT2D eigenvalue weighted by Crippen LogP contribution is 2.19. The number of nitrogens with zero attached hydrogens (tertiary/aromatic N) is 2. The molecule has 0 bridgehead atoms. The van der Waals surface area contributed by atoms with E-state index in [4.69, 9.17) is 4.74 Å². The Morgan fingerprint density at radius 2 is 2.04 bits per heavy atom. The summed E-state index contributed by atoms with van der Waals surface area (Å²) in [6, 6.07) is 13.2. The molecule has 0 unspecified atom stereocenters. The zero-order valence-electron chi connectivity index (χ0n) is 14.8. The van der Waals surface area contributed by atoms with Gasteiger partial charge in [0, 0.05) is 29.1 Å². The van der Waals surface area contributed by atoms with E-state index in [1.165, 1.54) is 0 Å². The monoisotopic (exact) mass is 367 g/mol. The molecule has 0 radical (unpaired) electrons. The predicted octanol–water partition coefficient (Wildman–Crippen LogP) is 4.17. The van der Waals surface area contributed by atoms with Gasteiger partial charge in [0.2, 0.25) is 5.88 Å². The zero-order valence-corrected chi connectivity index (χ0v) is 15.6. The van der Waals surface area contributed by atoms with Crippen LogP contribution in [0.5, 0.6) is 5.88 Å². The molecular formula is C20H21N3O2S. The Morgan fingerprint density at radius 3 is 2.77 bits per heavy atom. The normalized spacial score (nSPS) is 10.7. The molecule has 6 heteroatoms. The molecule has 1 aromatic carbocycles. The van der Waals surface area contributed by atoms with Crippen molar-refractivity contribution >= 4 is 17.2 Å². The summed E-state index contributed by atoms with van der Waals surface area (Å²) in [5, 5.41) is 5.95. The summed E-state index contributed by atoms with van der Waals surface area (Å²) in [7, 11) is 0. The Balaban J connectivity index is 1.57. The molecule has 3 rings (SSSR count). The smallest absolute Gasteiger partial charge is 0.251 e. The first-order valence-corrected chi connectivity index (χ1v) is 9.35. The fourth-order valence-corrected chi connectivity index (χ4v) is 3.14. The van der Waals surface area contributed by atoms with E-state index in [0.717, 1.165) is 16.3 Å². The van der Waals surface area contributed by atoms with Gasteiger partial charge in [-0.3, -0.25) is 4.79 Å². The van der Waals surface area contributed by atoms with E-state index in [9.17, 15) is 4.79 Å². The van der Waals surface area contributed by atoms with E-state index in [2.05, 4.69) is 29.1 Å². The first-order valence-electron chi connectivity index (χ1n) is 8.47. The van der Waals surface area contributed by atoms with Crippen LogP contribution in [0.15, 0.2) is 54.0 Å². The summed E-state index contributed by atoms with van der Waals surface area (Å²) in [5.41, 5.74) is 2.44. The quantitative estimate of drug-likeness (QED) is 0.681. The van der Waals surface area contributed by atoms with Crippen molar-refractivity contribution in [2.45, 2.75) is 32.9 Å². The zero-order chi connectivity index (χ0) is 18.4. The van der Waals surface area contributed by atoms with Crippen LogP contribution >= 0.6 is 11.3 Å². The maximum absolute atomic E-state index is 12.4. The van der Waals surface area contributed by atoms with Gasteiger partial charge in [-0.05, 0) is 11.6 Å². The van der Waals surface area contributed by atoms with Crippen molar-refractivity contribution in [3.05, 3.63) is 75.9 Å². The second-order valence-corrected chi connectivity index (χ2v) is 7.06. The van der Waals surface area contributed by atoms with Gasteiger partial charge in [-0.25, -0.2) is 9.97 Å². The average Bonchev–Trinajstić information content (AvgIpc) is 3.15. The summed E-state index contributed by atoms with van der Waals surface area (Å²) in [6.07, 6.45) is 1.58. The van der Waals surface area contributed by atoms with Crippen LogP contribution in [0.4, 0.5) is 0 Å². The third-order valence-electron chi connectivity index (χ3n) is 3.72. The van der Waals surface area contributed by atoms with Gasteiger partial charge in [-0.1, -0.05) is 44.2 Å². The Bertz CT molecular complexity index is 862. The highest BCUT2D eigenvalue weighted by atomic mass is 32.1. The predicted molar refractivity (Wildman–Crippen MR) is 102 cm³/mol. The molecule has 2 heterocycles. The number of hydrogen-bond donors (Lipinski definition) is 1. The number of benzene rings is 1. The molecule has 2 aromatic heterocycles. The average molecular weight is 367 g/mol. The number of amides is 1. The second-order valence-electron chi connectivity index (χ2n) is 6.17. The summed E-state index contributed by atoms with van der Waals surface area (Å²) >= 11 is 1.62. The summed E-state index contributed by atoms with van der Waals surface area (Å²) in [5.74, 6) is 0.655. The Hall–Kier alpha value is -2.73. The van der Waals surface area contributed by atoms with Gasteiger partial charge >= 0.3 is 0 Å². The minimum atomic E-state index is -0.170. The van der Waals surface area contributed by atoms with Gasteiger partial charge < -0.3 is 10.1 Å². The van der Waals surface area contributed by atoms with Crippen molar-refractivity contribution in [3.63, 3.8) is 0 Å². The largest absolute Gasteiger partial charge is 0.473 e. The second kappa shape index (κ2) is 8.58. The maximum Gasteiger partial charge on any atom is 0.251 e. The molecule has 0 saturated carbocycles. The van der Waals surface area contributed by atoms with Crippen molar-refractivity contribution in [1.29, 1.82) is 0 Å². The van der Waals surface area contributed by atoms with Crippen LogP contribution in [0, 0.1) is 0 Å². The minimum Gasteiger partial charge on any atom is -0.473 e. The molecule has 1 amide bonds. The lowest BCUT2D eigenvalue weighted by Crippen LogP contribution is -2.23. The summed E-state index contributed by atoms with van der Waals surface area (Å²) < 4.78 is 5.67. The molecule has 134 valence electrons. The fraction of sp³-hybridized carbons (Fsp3) is 0.250. The number of thiazole rings is 1. The molecule has 0 aliphatic carbocycles. The van der Waals surface area contributed by atoms with Crippen LogP contribution in [-0.2, 0) is 13.2 Å². The van der Waals surface area contributed by atoms with Crippen molar-refractivity contribution < 1.29 is 9.53 Å². The molecule has 26 heavy (non-hydrogen) atoms. The van der Waals surface area contributed by atoms with Crippen molar-refractivity contribution in [2.75, 3.05) is 0 Å². The lowest BCUT2D eigenvalue weighted by atomic mass is 10.2. The molecule has 1 N–H and O–H groups in total. The van der Waals surface area contributed by atoms with Crippen LogP contribution in [0.2, 0.25) is 0 Å². The van der Waals surface area contributed by atoms with E-state index >= 15 is 0 Å². The Kier molecular flexibility index (Phi) is 5.96. The Labute approximate surface area is 157 Å². The minimum absolute atomic E-state index is 0.170. The standard InChI is InChI=1S/C20H21N3O2S/c1-14(2)20-23-17(13-26-20)11-22-19(24)16-8-9-21-18(10-16)25-12-15-6-4-3-5-7-15/h3-10,13-14H,11-12H2,1-2H3,(H,22,24). The van der Waals surface area contributed by atoms with Crippen LogP contribution in [0.3, 0.4) is 0 Å². The molecule has 0 atom stereocenters. The van der Waals surface area contributed by atoms with Gasteiger partial charge in [0.15, 0.2) is 0 Å². The highest BCUT2D eigenvalue weighted by molar-refractivity contribution is 7.09. The van der Waals surface area contributed by atoms with Gasteiger partial charge in [-0.15, -0.1) is 11.3 Å². The van der Waals surface area contributed by atoms with Gasteiger partial charge in [0.1, 0.15) is 6.61 Å². The van der Waals surface area contributed by atoms with E-state index < -0.39 is 0 Å². The van der Waals surface area contributed by atoms with Crippen molar-refractivity contribution in [1.82, 2.24) is 15.3 Å². The van der Waals surface area contributed by atoms with Crippen molar-refractivity contribution in [3.8, 4) is 5.88 Å². The molecule has 0 fully saturated rings. The number of hydrogen-bond acceptors (Lipinski definition) is 5. The van der Waals surface area contributed by atoms with Crippen LogP contribution < -0.4 is 10.1 Å². The fourth-order valence-electron chi connectivity index (χ4n) is 2.30. The number of rotatable bonds is 7. The van der Waals surface area contributed by atoms with E-state index in [1.54, 1.807) is 29.7 Å². The van der Waals surface area contributed by atoms with Crippen molar-refractivity contribution in [2.24, 2.45) is 0 Å². The maximum atomic E-state index is 12.4. The van der Waals surface area contributed by atoms with Gasteiger partial charge in [-0.2, -0.15) is 0 Å². The van der Waals surface area contributed by atoms with Crippen LogP contribution in [0.1, 0.15) is 46.4 Å². The van der Waals surface area contributed by atoms with Gasteiger partial charge in [0.25, 0.3) is 5.91 Å². The highest BCUT2D eigenvalue weighted by Gasteiger charge is 2.10. The molecule has 0 aliphatic heterocycles. The molecule has 3 aromatic rings. The topological polar surface area (TPSA) is 64.1 Å². The van der Waals surface area contributed by atoms with E-state index in [-0.39, 0.29) is 5.91 Å². The number of ether oxygens (including phenoxy) is 1. The first kappa shape index (κ1) is 18.1. The van der Waals surface area contributed by atoms with E-state index in [0.29, 0.717) is 30.5 Å². The molecule has 0 aliphatic rings. The number of aromatic nitrogens is 2. The van der Waals surface area contributed by atoms with Crippen LogP contribution in [-0.4, -0.2) is 15.9 Å². The van der Waals surface area contributed by atoms with Gasteiger partial charge in [0.05, 0.1) is 17.2 Å².